The van der Waals surface area contributed by atoms with Gasteiger partial charge in [0.05, 0.1) is 0 Å². The van der Waals surface area contributed by atoms with Crippen molar-refractivity contribution in [1.82, 2.24) is 0 Å². The number of hydrogen-bond donors (Lipinski definition) is 2. The number of nitrogens with zero attached hydrogens (tertiary/aromatic N) is 3. The van der Waals surface area contributed by atoms with Crippen LogP contribution in [-0.4, -0.2) is 24.2 Å². The quantitative estimate of drug-likeness (QED) is 0.396. The van der Waals surface area contributed by atoms with Gasteiger partial charge in [0, 0.05) is 12.0 Å². The maximum Gasteiger partial charge on any atom is 0.320 e. The highest BCUT2D eigenvalue weighted by atomic mass is 16.4. The first-order chi connectivity index (χ1) is 6.09. The molecule has 0 radical (unpaired) electrons. The van der Waals surface area contributed by atoms with Gasteiger partial charge in [-0.25, -0.2) is 0 Å². The zero-order chi connectivity index (χ0) is 10.7. The molecule has 3 N–H and O–H groups in total. The Hall–Kier alpha value is -1.26. The van der Waals surface area contributed by atoms with Crippen molar-refractivity contribution in [2.24, 2.45) is 10.8 Å². The molecule has 0 aromatic carbocycles. The normalized spacial score (nSPS) is 10.4. The standard InChI is InChI=1S/C6H13NO2.CH3N3/c1-2-3-4-5(7)6(8)9;1-3-4-2/h5H,2-4,7H2,1H3,(H,8,9);1H3/t5-;/m0./s1. The Morgan fingerprint density at radius 3 is 2.46 bits per heavy atom. The summed E-state index contributed by atoms with van der Waals surface area (Å²) in [5, 5.41) is 11.2. The van der Waals surface area contributed by atoms with Gasteiger partial charge in [-0.3, -0.25) is 4.79 Å². The topological polar surface area (TPSA) is 112 Å². The lowest BCUT2D eigenvalue weighted by Gasteiger charge is -2.02. The number of hydrogen-bond acceptors (Lipinski definition) is 3. The SMILES string of the molecule is CCCC[C@H](N)C(=O)O.CN=[N+]=[N-]. The van der Waals surface area contributed by atoms with Gasteiger partial charge in [0.15, 0.2) is 0 Å². The summed E-state index contributed by atoms with van der Waals surface area (Å²) in [7, 11) is 1.39. The largest absolute Gasteiger partial charge is 0.480 e. The summed E-state index contributed by atoms with van der Waals surface area (Å²) >= 11 is 0. The van der Waals surface area contributed by atoms with Gasteiger partial charge in [0.1, 0.15) is 6.04 Å². The lowest BCUT2D eigenvalue weighted by Crippen LogP contribution is -2.29. The van der Waals surface area contributed by atoms with Crippen LogP contribution in [0.5, 0.6) is 0 Å². The molecule has 0 bridgehead atoms. The van der Waals surface area contributed by atoms with Gasteiger partial charge in [0.2, 0.25) is 0 Å². The predicted octanol–water partition coefficient (Wildman–Crippen LogP) is 1.51. The van der Waals surface area contributed by atoms with E-state index in [9.17, 15) is 4.79 Å². The maximum absolute atomic E-state index is 10.1. The number of unbranched alkanes of at least 4 members (excludes halogenated alkanes) is 1. The van der Waals surface area contributed by atoms with Gasteiger partial charge in [-0.2, -0.15) is 0 Å². The Morgan fingerprint density at radius 2 is 2.23 bits per heavy atom. The van der Waals surface area contributed by atoms with Crippen molar-refractivity contribution in [3.8, 4) is 0 Å². The minimum Gasteiger partial charge on any atom is -0.480 e. The number of carboxylic acid groups (broad SMARTS) is 1. The fraction of sp³-hybridized carbons (Fsp3) is 0.857. The van der Waals surface area contributed by atoms with Crippen molar-refractivity contribution in [2.45, 2.75) is 32.2 Å². The Labute approximate surface area is 77.4 Å². The molecule has 76 valence electrons. The van der Waals surface area contributed by atoms with Crippen LogP contribution in [-0.2, 0) is 4.79 Å². The van der Waals surface area contributed by atoms with Crippen molar-refractivity contribution in [1.29, 1.82) is 0 Å². The molecule has 0 unspecified atom stereocenters. The third-order valence-corrected chi connectivity index (χ3v) is 1.28. The Kier molecular flexibility index (Phi) is 11.8. The van der Waals surface area contributed by atoms with Crippen LogP contribution in [0.15, 0.2) is 5.11 Å². The highest BCUT2D eigenvalue weighted by molar-refractivity contribution is 5.72. The molecule has 0 saturated heterocycles. The minimum atomic E-state index is -0.900. The molecule has 0 aliphatic carbocycles. The zero-order valence-electron chi connectivity index (χ0n) is 7.97. The van der Waals surface area contributed by atoms with E-state index in [2.05, 4.69) is 10.0 Å². The summed E-state index contributed by atoms with van der Waals surface area (Å²) < 4.78 is 0. The molecular formula is C7H16N4O2. The van der Waals surface area contributed by atoms with Crippen LogP contribution in [0, 0.1) is 0 Å². The Morgan fingerprint density at radius 1 is 1.77 bits per heavy atom. The monoisotopic (exact) mass is 188 g/mol. The molecule has 6 nitrogen and oxygen atoms in total. The van der Waals surface area contributed by atoms with Crippen molar-refractivity contribution in [3.05, 3.63) is 10.4 Å². The summed E-state index contributed by atoms with van der Waals surface area (Å²) in [6.45, 7) is 2.01. The van der Waals surface area contributed by atoms with E-state index >= 15 is 0 Å². The number of carbonyl (C=O) groups is 1. The van der Waals surface area contributed by atoms with Crippen LogP contribution in [0.25, 0.3) is 10.4 Å². The predicted molar refractivity (Wildman–Crippen MR) is 50.2 cm³/mol. The first-order valence-electron chi connectivity index (χ1n) is 4.01. The molecule has 0 fully saturated rings. The van der Waals surface area contributed by atoms with Crippen molar-refractivity contribution < 1.29 is 9.90 Å². The number of azide groups is 1. The average molecular weight is 188 g/mol. The molecule has 0 aromatic rings. The number of rotatable bonds is 4. The van der Waals surface area contributed by atoms with Crippen molar-refractivity contribution in [3.63, 3.8) is 0 Å². The van der Waals surface area contributed by atoms with Crippen LogP contribution in [0.3, 0.4) is 0 Å². The van der Waals surface area contributed by atoms with E-state index in [-0.39, 0.29) is 0 Å². The highest BCUT2D eigenvalue weighted by Gasteiger charge is 2.08. The first kappa shape index (κ1) is 14.3. The second kappa shape index (κ2) is 10.7. The molecule has 0 heterocycles. The lowest BCUT2D eigenvalue weighted by molar-refractivity contribution is -0.138. The smallest absolute Gasteiger partial charge is 0.320 e. The van der Waals surface area contributed by atoms with Gasteiger partial charge >= 0.3 is 5.97 Å². The van der Waals surface area contributed by atoms with Crippen LogP contribution >= 0.6 is 0 Å². The summed E-state index contributed by atoms with van der Waals surface area (Å²) in [6, 6.07) is -0.662. The fourth-order valence-corrected chi connectivity index (χ4v) is 0.548. The molecule has 1 atom stereocenters. The lowest BCUT2D eigenvalue weighted by atomic mass is 10.1. The Balaban J connectivity index is 0. The van der Waals surface area contributed by atoms with E-state index in [4.69, 9.17) is 16.4 Å². The van der Waals surface area contributed by atoms with Crippen LogP contribution < -0.4 is 5.73 Å². The first-order valence-corrected chi connectivity index (χ1v) is 4.01. The summed E-state index contributed by atoms with van der Waals surface area (Å²) in [6.07, 6.45) is 2.49. The molecule has 0 aliphatic heterocycles. The fourth-order valence-electron chi connectivity index (χ4n) is 0.548. The molecule has 0 saturated carbocycles. The van der Waals surface area contributed by atoms with E-state index in [0.717, 1.165) is 12.8 Å². The number of nitrogens with two attached hydrogens (primary N) is 1. The van der Waals surface area contributed by atoms with Crippen LogP contribution in [0.4, 0.5) is 0 Å². The van der Waals surface area contributed by atoms with Crippen LogP contribution in [0.2, 0.25) is 0 Å². The van der Waals surface area contributed by atoms with Gasteiger partial charge in [-0.15, -0.1) is 0 Å². The van der Waals surface area contributed by atoms with E-state index in [0.29, 0.717) is 6.42 Å². The van der Waals surface area contributed by atoms with E-state index in [1.165, 1.54) is 7.05 Å². The number of aliphatic carboxylic acids is 1. The molecule has 0 spiro atoms. The summed E-state index contributed by atoms with van der Waals surface area (Å²) in [5.41, 5.74) is 12.5. The van der Waals surface area contributed by atoms with Gasteiger partial charge in [-0.1, -0.05) is 24.9 Å². The molecule has 0 amide bonds. The molecule has 0 aromatic heterocycles. The van der Waals surface area contributed by atoms with E-state index < -0.39 is 12.0 Å². The Bertz CT molecular complexity index is 177. The molecule has 13 heavy (non-hydrogen) atoms. The molecular weight excluding hydrogens is 172 g/mol. The highest BCUT2D eigenvalue weighted by Crippen LogP contribution is 1.96. The second-order valence-electron chi connectivity index (χ2n) is 2.38. The van der Waals surface area contributed by atoms with Gasteiger partial charge < -0.3 is 10.8 Å². The minimum absolute atomic E-state index is 0.589. The zero-order valence-corrected chi connectivity index (χ0v) is 7.97. The third-order valence-electron chi connectivity index (χ3n) is 1.28. The van der Waals surface area contributed by atoms with Gasteiger partial charge in [0.25, 0.3) is 0 Å². The molecule has 6 heteroatoms. The second-order valence-corrected chi connectivity index (χ2v) is 2.38. The van der Waals surface area contributed by atoms with Gasteiger partial charge in [-0.05, 0) is 12.0 Å². The third kappa shape index (κ3) is 13.7. The molecule has 0 aliphatic rings. The average Bonchev–Trinajstić information content (AvgIpc) is 2.14. The number of carboxylic acids is 1. The van der Waals surface area contributed by atoms with Crippen LogP contribution in [0.1, 0.15) is 26.2 Å². The van der Waals surface area contributed by atoms with Crippen molar-refractivity contribution in [2.75, 3.05) is 7.05 Å². The summed E-state index contributed by atoms with van der Waals surface area (Å²) in [4.78, 5) is 12.4. The van der Waals surface area contributed by atoms with E-state index in [1.807, 2.05) is 6.92 Å². The van der Waals surface area contributed by atoms with Crippen molar-refractivity contribution >= 4 is 5.97 Å². The molecule has 0 rings (SSSR count). The van der Waals surface area contributed by atoms with E-state index in [1.54, 1.807) is 0 Å². The summed E-state index contributed by atoms with van der Waals surface area (Å²) in [5.74, 6) is -0.900. The maximum atomic E-state index is 10.1.